The normalized spacial score (nSPS) is 17.8. The average Bonchev–Trinajstić information content (AvgIpc) is 3.04. The molecule has 0 spiro atoms. The summed E-state index contributed by atoms with van der Waals surface area (Å²) in [6.45, 7) is 1.51. The lowest BCUT2D eigenvalue weighted by Crippen LogP contribution is -2.40. The van der Waals surface area contributed by atoms with Crippen LogP contribution in [0.5, 0.6) is 0 Å². The van der Waals surface area contributed by atoms with Gasteiger partial charge in [-0.05, 0) is 42.8 Å². The van der Waals surface area contributed by atoms with Crippen LogP contribution in [0.2, 0.25) is 0 Å². The van der Waals surface area contributed by atoms with Crippen molar-refractivity contribution in [1.82, 2.24) is 10.6 Å². The van der Waals surface area contributed by atoms with Gasteiger partial charge in [0.15, 0.2) is 0 Å². The maximum absolute atomic E-state index is 12.9. The lowest BCUT2D eigenvalue weighted by molar-refractivity contribution is -0.123. The maximum Gasteiger partial charge on any atom is 0.337 e. The number of anilines is 1. The summed E-state index contributed by atoms with van der Waals surface area (Å²) in [6.07, 6.45) is 0. The number of methoxy groups -OCH3 is 2. The summed E-state index contributed by atoms with van der Waals surface area (Å²) in [5.74, 6) is -2.20. The van der Waals surface area contributed by atoms with Gasteiger partial charge in [-0.15, -0.1) is 0 Å². The third-order valence-electron chi connectivity index (χ3n) is 4.82. The summed E-state index contributed by atoms with van der Waals surface area (Å²) in [6, 6.07) is 8.43. The molecule has 1 aliphatic rings. The average molecular weight is 461 g/mol. The van der Waals surface area contributed by atoms with Crippen molar-refractivity contribution in [3.63, 3.8) is 0 Å². The SMILES string of the molecule is COC(=O)c1cc(C(=O)OC)cc(S(=O)(=O)Nc2ccc([C@]3(C)NC(=O)NC3=O)cc2)c1. The van der Waals surface area contributed by atoms with E-state index in [1.165, 1.54) is 31.2 Å². The maximum atomic E-state index is 12.9. The highest BCUT2D eigenvalue weighted by molar-refractivity contribution is 7.92. The summed E-state index contributed by atoms with van der Waals surface area (Å²) in [5, 5.41) is 4.65. The number of benzene rings is 2. The number of hydrogen-bond donors (Lipinski definition) is 3. The van der Waals surface area contributed by atoms with E-state index < -0.39 is 39.4 Å². The summed E-state index contributed by atoms with van der Waals surface area (Å²) in [4.78, 5) is 46.9. The molecule has 1 aliphatic heterocycles. The van der Waals surface area contributed by atoms with E-state index in [0.717, 1.165) is 32.4 Å². The van der Waals surface area contributed by atoms with Gasteiger partial charge in [-0.2, -0.15) is 0 Å². The molecule has 0 unspecified atom stereocenters. The first-order chi connectivity index (χ1) is 15.0. The molecule has 0 aromatic heterocycles. The van der Waals surface area contributed by atoms with Gasteiger partial charge in [0.2, 0.25) is 0 Å². The van der Waals surface area contributed by atoms with Gasteiger partial charge >= 0.3 is 18.0 Å². The highest BCUT2D eigenvalue weighted by Gasteiger charge is 2.43. The van der Waals surface area contributed by atoms with Gasteiger partial charge in [0.1, 0.15) is 5.54 Å². The van der Waals surface area contributed by atoms with Crippen molar-refractivity contribution in [3.05, 3.63) is 59.2 Å². The van der Waals surface area contributed by atoms with E-state index in [0.29, 0.717) is 5.56 Å². The predicted molar refractivity (Wildman–Crippen MR) is 110 cm³/mol. The van der Waals surface area contributed by atoms with Gasteiger partial charge in [0.05, 0.1) is 30.2 Å². The predicted octanol–water partition coefficient (Wildman–Crippen LogP) is 1.12. The van der Waals surface area contributed by atoms with Crippen molar-refractivity contribution in [2.75, 3.05) is 18.9 Å². The molecule has 1 saturated heterocycles. The standard InChI is InChI=1S/C20H19N3O8S/c1-20(18(26)21-19(27)22-20)13-4-6-14(7-5-13)23-32(28,29)15-9-11(16(24)30-2)8-12(10-15)17(25)31-3/h4-10,23H,1-3H3,(H2,21,22,26,27)/t20-/m0/s1. The molecular formula is C20H19N3O8S. The van der Waals surface area contributed by atoms with Crippen LogP contribution in [-0.2, 0) is 29.8 Å². The molecule has 3 rings (SSSR count). The van der Waals surface area contributed by atoms with E-state index in [9.17, 15) is 27.6 Å². The fraction of sp³-hybridized carbons (Fsp3) is 0.200. The molecule has 0 bridgehead atoms. The Morgan fingerprint density at radius 3 is 1.91 bits per heavy atom. The topological polar surface area (TPSA) is 157 Å². The van der Waals surface area contributed by atoms with Crippen LogP contribution in [0.3, 0.4) is 0 Å². The van der Waals surface area contributed by atoms with Crippen LogP contribution < -0.4 is 15.4 Å². The molecule has 0 radical (unpaired) electrons. The molecule has 1 fully saturated rings. The molecule has 0 aliphatic carbocycles. The summed E-state index contributed by atoms with van der Waals surface area (Å²) < 4.78 is 37.3. The Labute approximate surface area is 183 Å². The molecule has 2 aromatic rings. The molecule has 168 valence electrons. The van der Waals surface area contributed by atoms with Gasteiger partial charge in [0.25, 0.3) is 15.9 Å². The number of rotatable bonds is 6. The Bertz CT molecular complexity index is 1190. The van der Waals surface area contributed by atoms with Crippen molar-refractivity contribution in [3.8, 4) is 0 Å². The third kappa shape index (κ3) is 4.25. The van der Waals surface area contributed by atoms with Gasteiger partial charge in [-0.3, -0.25) is 14.8 Å². The zero-order chi connectivity index (χ0) is 23.7. The second-order valence-corrected chi connectivity index (χ2v) is 8.63. The zero-order valence-corrected chi connectivity index (χ0v) is 18.0. The van der Waals surface area contributed by atoms with Gasteiger partial charge in [0, 0.05) is 5.69 Å². The van der Waals surface area contributed by atoms with E-state index >= 15 is 0 Å². The van der Waals surface area contributed by atoms with E-state index in [4.69, 9.17) is 0 Å². The number of urea groups is 1. The molecule has 1 atom stereocenters. The number of ether oxygens (including phenoxy) is 2. The fourth-order valence-electron chi connectivity index (χ4n) is 3.06. The van der Waals surface area contributed by atoms with Crippen LogP contribution in [0, 0.1) is 0 Å². The Hall–Kier alpha value is -3.93. The zero-order valence-electron chi connectivity index (χ0n) is 17.2. The first-order valence-corrected chi connectivity index (χ1v) is 10.6. The molecule has 12 heteroatoms. The van der Waals surface area contributed by atoms with Crippen LogP contribution >= 0.6 is 0 Å². The van der Waals surface area contributed by atoms with E-state index in [1.807, 2.05) is 0 Å². The Kier molecular flexibility index (Phi) is 5.90. The molecule has 3 N–H and O–H groups in total. The molecular weight excluding hydrogens is 442 g/mol. The number of sulfonamides is 1. The molecule has 2 aromatic carbocycles. The molecule has 3 amide bonds. The minimum atomic E-state index is -4.22. The quantitative estimate of drug-likeness (QED) is 0.427. The Morgan fingerprint density at radius 1 is 0.938 bits per heavy atom. The van der Waals surface area contributed by atoms with Gasteiger partial charge < -0.3 is 14.8 Å². The minimum absolute atomic E-state index is 0.144. The van der Waals surface area contributed by atoms with Crippen molar-refractivity contribution >= 4 is 39.6 Å². The molecule has 32 heavy (non-hydrogen) atoms. The third-order valence-corrected chi connectivity index (χ3v) is 6.18. The van der Waals surface area contributed by atoms with E-state index in [1.54, 1.807) is 0 Å². The lowest BCUT2D eigenvalue weighted by Gasteiger charge is -2.21. The first-order valence-electron chi connectivity index (χ1n) is 9.09. The van der Waals surface area contributed by atoms with Crippen LogP contribution in [0.25, 0.3) is 0 Å². The van der Waals surface area contributed by atoms with Crippen LogP contribution in [0.1, 0.15) is 33.2 Å². The van der Waals surface area contributed by atoms with Crippen LogP contribution in [0.4, 0.5) is 10.5 Å². The largest absolute Gasteiger partial charge is 0.465 e. The number of esters is 2. The number of imide groups is 1. The van der Waals surface area contributed by atoms with Crippen LogP contribution in [0.15, 0.2) is 47.4 Å². The first kappa shape index (κ1) is 22.7. The number of carbonyl (C=O) groups is 4. The van der Waals surface area contributed by atoms with Crippen LogP contribution in [-0.4, -0.2) is 46.5 Å². The molecule has 0 saturated carbocycles. The van der Waals surface area contributed by atoms with Crippen molar-refractivity contribution < 1.29 is 37.1 Å². The van der Waals surface area contributed by atoms with Gasteiger partial charge in [-0.1, -0.05) is 12.1 Å². The second kappa shape index (κ2) is 8.30. The van der Waals surface area contributed by atoms with Gasteiger partial charge in [-0.25, -0.2) is 22.8 Å². The summed E-state index contributed by atoms with van der Waals surface area (Å²) in [7, 11) is -1.98. The lowest BCUT2D eigenvalue weighted by atomic mass is 9.92. The highest BCUT2D eigenvalue weighted by Crippen LogP contribution is 2.27. The molecule has 1 heterocycles. The van der Waals surface area contributed by atoms with E-state index in [2.05, 4.69) is 24.8 Å². The molecule has 11 nitrogen and oxygen atoms in total. The van der Waals surface area contributed by atoms with Crippen molar-refractivity contribution in [2.45, 2.75) is 17.4 Å². The van der Waals surface area contributed by atoms with Crippen molar-refractivity contribution in [1.29, 1.82) is 0 Å². The van der Waals surface area contributed by atoms with E-state index in [-0.39, 0.29) is 21.7 Å². The Balaban J connectivity index is 1.92. The smallest absolute Gasteiger partial charge is 0.337 e. The summed E-state index contributed by atoms with van der Waals surface area (Å²) >= 11 is 0. The fourth-order valence-corrected chi connectivity index (χ4v) is 4.19. The van der Waals surface area contributed by atoms with Crippen molar-refractivity contribution in [2.24, 2.45) is 0 Å². The highest BCUT2D eigenvalue weighted by atomic mass is 32.2. The second-order valence-electron chi connectivity index (χ2n) is 6.95. The number of carbonyl (C=O) groups excluding carboxylic acids is 4. The number of amides is 3. The minimum Gasteiger partial charge on any atom is -0.465 e. The number of nitrogens with one attached hydrogen (secondary N) is 3. The number of hydrogen-bond acceptors (Lipinski definition) is 8. The monoisotopic (exact) mass is 461 g/mol. The summed E-state index contributed by atoms with van der Waals surface area (Å²) in [5.41, 5.74) is -1.02. The Morgan fingerprint density at radius 2 is 1.47 bits per heavy atom.